The lowest BCUT2D eigenvalue weighted by Gasteiger charge is -2.02. The van der Waals surface area contributed by atoms with Gasteiger partial charge in [-0.1, -0.05) is 48.6 Å². The molecule has 0 heterocycles. The first-order chi connectivity index (χ1) is 8.15. The second-order valence-corrected chi connectivity index (χ2v) is 3.69. The molecule has 0 fully saturated rings. The topological polar surface area (TPSA) is 37.3 Å². The molecule has 1 aromatic rings. The maximum absolute atomic E-state index is 10.9. The Balaban J connectivity index is 2.96. The minimum Gasteiger partial charge on any atom is -0.478 e. The molecule has 1 aromatic carbocycles. The minimum atomic E-state index is -0.889. The van der Waals surface area contributed by atoms with E-state index in [1.807, 2.05) is 42.5 Å². The van der Waals surface area contributed by atoms with E-state index in [1.54, 1.807) is 13.0 Å². The Morgan fingerprint density at radius 1 is 1.35 bits per heavy atom. The Morgan fingerprint density at radius 2 is 2.00 bits per heavy atom. The van der Waals surface area contributed by atoms with Crippen molar-refractivity contribution in [2.75, 3.05) is 0 Å². The van der Waals surface area contributed by atoms with Gasteiger partial charge >= 0.3 is 5.97 Å². The molecule has 0 spiro atoms. The van der Waals surface area contributed by atoms with Crippen LogP contribution >= 0.6 is 0 Å². The largest absolute Gasteiger partial charge is 0.478 e. The van der Waals surface area contributed by atoms with E-state index in [4.69, 9.17) is 5.11 Å². The van der Waals surface area contributed by atoms with Crippen molar-refractivity contribution in [3.05, 3.63) is 65.8 Å². The molecule has 17 heavy (non-hydrogen) atoms. The maximum atomic E-state index is 10.9. The summed E-state index contributed by atoms with van der Waals surface area (Å²) in [5.41, 5.74) is 2.18. The molecule has 0 amide bonds. The molecule has 2 heteroatoms. The lowest BCUT2D eigenvalue weighted by molar-refractivity contribution is -0.132. The quantitative estimate of drug-likeness (QED) is 0.474. The number of hydrogen-bond donors (Lipinski definition) is 1. The van der Waals surface area contributed by atoms with Crippen LogP contribution in [0.5, 0.6) is 0 Å². The SMILES string of the molecule is C=CCC(C=Cc1ccccc1)=C(C)C(=O)O. The van der Waals surface area contributed by atoms with Crippen LogP contribution < -0.4 is 0 Å². The third-order valence-corrected chi connectivity index (χ3v) is 2.44. The molecule has 0 aliphatic carbocycles. The number of benzene rings is 1. The molecule has 0 saturated heterocycles. The minimum absolute atomic E-state index is 0.358. The van der Waals surface area contributed by atoms with Gasteiger partial charge in [-0.25, -0.2) is 4.79 Å². The highest BCUT2D eigenvalue weighted by atomic mass is 16.4. The van der Waals surface area contributed by atoms with Crippen molar-refractivity contribution in [1.29, 1.82) is 0 Å². The summed E-state index contributed by atoms with van der Waals surface area (Å²) in [4.78, 5) is 10.9. The summed E-state index contributed by atoms with van der Waals surface area (Å²) in [6.07, 6.45) is 6.00. The summed E-state index contributed by atoms with van der Waals surface area (Å²) in [5, 5.41) is 8.95. The van der Waals surface area contributed by atoms with E-state index in [0.717, 1.165) is 11.1 Å². The summed E-state index contributed by atoms with van der Waals surface area (Å²) in [7, 11) is 0. The van der Waals surface area contributed by atoms with Crippen LogP contribution in [0.2, 0.25) is 0 Å². The van der Waals surface area contributed by atoms with Crippen molar-refractivity contribution in [3.8, 4) is 0 Å². The van der Waals surface area contributed by atoms with Crippen molar-refractivity contribution >= 4 is 12.0 Å². The number of aliphatic carboxylic acids is 1. The summed E-state index contributed by atoms with van der Waals surface area (Å²) < 4.78 is 0. The van der Waals surface area contributed by atoms with E-state index in [-0.39, 0.29) is 0 Å². The molecule has 0 aliphatic rings. The van der Waals surface area contributed by atoms with Gasteiger partial charge in [0.15, 0.2) is 0 Å². The fourth-order valence-electron chi connectivity index (χ4n) is 1.40. The van der Waals surface area contributed by atoms with Gasteiger partial charge in [0.25, 0.3) is 0 Å². The predicted octanol–water partition coefficient (Wildman–Crippen LogP) is 3.68. The number of allylic oxidation sites excluding steroid dienone is 3. The average molecular weight is 228 g/mol. The first kappa shape index (κ1) is 13.0. The number of rotatable bonds is 5. The number of carboxylic acids is 1. The van der Waals surface area contributed by atoms with Gasteiger partial charge in [0.05, 0.1) is 0 Å². The highest BCUT2D eigenvalue weighted by Gasteiger charge is 2.05. The number of carboxylic acid groups (broad SMARTS) is 1. The van der Waals surface area contributed by atoms with E-state index in [2.05, 4.69) is 6.58 Å². The molecular weight excluding hydrogens is 212 g/mol. The van der Waals surface area contributed by atoms with Gasteiger partial charge in [0, 0.05) is 5.57 Å². The predicted molar refractivity (Wildman–Crippen MR) is 70.6 cm³/mol. The van der Waals surface area contributed by atoms with Gasteiger partial charge in [-0.05, 0) is 24.5 Å². The number of carbonyl (C=O) groups is 1. The van der Waals surface area contributed by atoms with Gasteiger partial charge in [-0.15, -0.1) is 6.58 Å². The second-order valence-electron chi connectivity index (χ2n) is 3.69. The first-order valence-electron chi connectivity index (χ1n) is 5.42. The molecule has 0 saturated carbocycles. The van der Waals surface area contributed by atoms with Crippen molar-refractivity contribution in [2.24, 2.45) is 0 Å². The Labute approximate surface area is 102 Å². The molecule has 1 N–H and O–H groups in total. The molecule has 0 bridgehead atoms. The molecule has 0 aliphatic heterocycles. The van der Waals surface area contributed by atoms with E-state index in [0.29, 0.717) is 12.0 Å². The second kappa shape index (κ2) is 6.48. The Morgan fingerprint density at radius 3 is 2.53 bits per heavy atom. The van der Waals surface area contributed by atoms with E-state index in [9.17, 15) is 4.79 Å². The van der Waals surface area contributed by atoms with E-state index in [1.165, 1.54) is 0 Å². The lowest BCUT2D eigenvalue weighted by atomic mass is 10.0. The summed E-state index contributed by atoms with van der Waals surface area (Å²) in [5.74, 6) is -0.889. The fourth-order valence-corrected chi connectivity index (χ4v) is 1.40. The third-order valence-electron chi connectivity index (χ3n) is 2.44. The van der Waals surface area contributed by atoms with Crippen molar-refractivity contribution < 1.29 is 9.90 Å². The maximum Gasteiger partial charge on any atom is 0.331 e. The first-order valence-corrected chi connectivity index (χ1v) is 5.42. The Hall–Kier alpha value is -2.09. The normalized spacial score (nSPS) is 12.3. The van der Waals surface area contributed by atoms with Gasteiger partial charge in [-0.3, -0.25) is 0 Å². The van der Waals surface area contributed by atoms with E-state index >= 15 is 0 Å². The molecule has 2 nitrogen and oxygen atoms in total. The molecule has 0 atom stereocenters. The number of hydrogen-bond acceptors (Lipinski definition) is 1. The molecule has 1 rings (SSSR count). The molecule has 88 valence electrons. The standard InChI is InChI=1S/C15H16O2/c1-3-7-14(12(2)15(16)17)11-10-13-8-5-4-6-9-13/h3-6,8-11H,1,7H2,2H3,(H,16,17). The van der Waals surface area contributed by atoms with Crippen LogP contribution in [-0.2, 0) is 4.79 Å². The van der Waals surface area contributed by atoms with Crippen LogP contribution in [0, 0.1) is 0 Å². The summed E-state index contributed by atoms with van der Waals surface area (Å²) in [6, 6.07) is 9.78. The van der Waals surface area contributed by atoms with Crippen LogP contribution in [0.3, 0.4) is 0 Å². The molecular formula is C15H16O2. The molecule has 0 radical (unpaired) electrons. The van der Waals surface area contributed by atoms with Crippen LogP contribution in [-0.4, -0.2) is 11.1 Å². The monoisotopic (exact) mass is 228 g/mol. The summed E-state index contributed by atoms with van der Waals surface area (Å²) in [6.45, 7) is 5.24. The van der Waals surface area contributed by atoms with Crippen LogP contribution in [0.4, 0.5) is 0 Å². The van der Waals surface area contributed by atoms with Gasteiger partial charge < -0.3 is 5.11 Å². The zero-order valence-electron chi connectivity index (χ0n) is 9.89. The van der Waals surface area contributed by atoms with E-state index < -0.39 is 5.97 Å². The van der Waals surface area contributed by atoms with Crippen molar-refractivity contribution in [1.82, 2.24) is 0 Å². The molecule has 0 aromatic heterocycles. The van der Waals surface area contributed by atoms with Gasteiger partial charge in [0.2, 0.25) is 0 Å². The van der Waals surface area contributed by atoms with Gasteiger partial charge in [-0.2, -0.15) is 0 Å². The van der Waals surface area contributed by atoms with Crippen LogP contribution in [0.15, 0.2) is 60.2 Å². The zero-order valence-corrected chi connectivity index (χ0v) is 9.89. The molecule has 0 unspecified atom stereocenters. The Kier molecular flexibility index (Phi) is 4.95. The summed E-state index contributed by atoms with van der Waals surface area (Å²) >= 11 is 0. The Bertz CT molecular complexity index is 453. The highest BCUT2D eigenvalue weighted by molar-refractivity contribution is 5.87. The van der Waals surface area contributed by atoms with Crippen LogP contribution in [0.25, 0.3) is 6.08 Å². The fraction of sp³-hybridized carbons (Fsp3) is 0.133. The third kappa shape index (κ3) is 4.11. The zero-order chi connectivity index (χ0) is 12.7. The highest BCUT2D eigenvalue weighted by Crippen LogP contribution is 2.13. The average Bonchev–Trinajstić information content (AvgIpc) is 2.34. The van der Waals surface area contributed by atoms with Crippen molar-refractivity contribution in [2.45, 2.75) is 13.3 Å². The van der Waals surface area contributed by atoms with Crippen molar-refractivity contribution in [3.63, 3.8) is 0 Å². The lowest BCUT2D eigenvalue weighted by Crippen LogP contribution is -1.99. The smallest absolute Gasteiger partial charge is 0.331 e. The van der Waals surface area contributed by atoms with Gasteiger partial charge in [0.1, 0.15) is 0 Å². The van der Waals surface area contributed by atoms with Crippen LogP contribution in [0.1, 0.15) is 18.9 Å².